The second-order valence-electron chi connectivity index (χ2n) is 5.81. The van der Waals surface area contributed by atoms with Crippen molar-refractivity contribution in [1.29, 1.82) is 0 Å². The molecule has 2 N–H and O–H groups in total. The molecule has 0 saturated carbocycles. The van der Waals surface area contributed by atoms with Crippen molar-refractivity contribution in [3.05, 3.63) is 51.2 Å². The van der Waals surface area contributed by atoms with Gasteiger partial charge in [0.2, 0.25) is 0 Å². The van der Waals surface area contributed by atoms with E-state index in [0.717, 1.165) is 16.3 Å². The Morgan fingerprint density at radius 2 is 2.00 bits per heavy atom. The minimum atomic E-state index is -0.291. The summed E-state index contributed by atoms with van der Waals surface area (Å²) in [6.07, 6.45) is 0. The number of benzene rings is 1. The highest BCUT2D eigenvalue weighted by atomic mass is 32.1. The molecule has 0 saturated heterocycles. The van der Waals surface area contributed by atoms with Crippen LogP contribution < -0.4 is 5.73 Å². The normalized spacial score (nSPS) is 13.6. The molecule has 2 nitrogen and oxygen atoms in total. The number of nitrogens with two attached hydrogens (primary N) is 1. The van der Waals surface area contributed by atoms with Gasteiger partial charge in [-0.15, -0.1) is 11.3 Å². The van der Waals surface area contributed by atoms with E-state index in [9.17, 15) is 4.39 Å². The van der Waals surface area contributed by atoms with Crippen LogP contribution in [0.25, 0.3) is 0 Å². The highest BCUT2D eigenvalue weighted by Crippen LogP contribution is 2.29. The maximum atomic E-state index is 13.3. The molecule has 1 aromatic heterocycles. The third-order valence-electron chi connectivity index (χ3n) is 3.10. The van der Waals surface area contributed by atoms with Crippen molar-refractivity contribution < 1.29 is 4.39 Å². The predicted molar refractivity (Wildman–Crippen MR) is 78.0 cm³/mol. The smallest absolute Gasteiger partial charge is 0.126 e. The molecule has 0 spiro atoms. The molecular formula is C15H19FN2S. The third-order valence-corrected chi connectivity index (χ3v) is 4.03. The highest BCUT2D eigenvalue weighted by molar-refractivity contribution is 7.09. The topological polar surface area (TPSA) is 38.9 Å². The molecule has 1 atom stereocenters. The molecule has 1 aromatic carbocycles. The number of rotatable bonds is 2. The van der Waals surface area contributed by atoms with Crippen molar-refractivity contribution in [2.24, 2.45) is 5.73 Å². The largest absolute Gasteiger partial charge is 0.318 e. The number of hydrogen-bond acceptors (Lipinski definition) is 3. The fourth-order valence-corrected chi connectivity index (χ4v) is 2.85. The Balaban J connectivity index is 2.31. The standard InChI is InChI=1S/C15H19FN2S/c1-9-7-10(5-6-11(9)16)13(17)14-18-12(8-19-14)15(2,3)4/h5-8,13H,17H2,1-4H3. The summed E-state index contributed by atoms with van der Waals surface area (Å²) in [5.74, 6) is -0.203. The zero-order chi connectivity index (χ0) is 14.2. The Kier molecular flexibility index (Phi) is 3.74. The lowest BCUT2D eigenvalue weighted by Crippen LogP contribution is -2.15. The van der Waals surface area contributed by atoms with E-state index in [0.29, 0.717) is 5.56 Å². The summed E-state index contributed by atoms with van der Waals surface area (Å²) in [5.41, 5.74) is 8.79. The molecule has 0 bridgehead atoms. The maximum absolute atomic E-state index is 13.3. The van der Waals surface area contributed by atoms with E-state index in [1.807, 2.05) is 5.38 Å². The monoisotopic (exact) mass is 278 g/mol. The first-order valence-corrected chi connectivity index (χ1v) is 7.14. The summed E-state index contributed by atoms with van der Waals surface area (Å²) in [6.45, 7) is 8.12. The number of nitrogens with zero attached hydrogens (tertiary/aromatic N) is 1. The molecule has 0 radical (unpaired) electrons. The first kappa shape index (κ1) is 14.2. The Bertz CT molecular complexity index is 584. The van der Waals surface area contributed by atoms with E-state index in [-0.39, 0.29) is 17.3 Å². The van der Waals surface area contributed by atoms with Crippen LogP contribution in [0.1, 0.15) is 48.6 Å². The van der Waals surface area contributed by atoms with Crippen LogP contribution in [0.5, 0.6) is 0 Å². The van der Waals surface area contributed by atoms with Gasteiger partial charge in [0.1, 0.15) is 10.8 Å². The summed E-state index contributed by atoms with van der Waals surface area (Å²) >= 11 is 1.56. The average Bonchev–Trinajstić information content (AvgIpc) is 2.81. The van der Waals surface area contributed by atoms with Crippen molar-refractivity contribution in [3.63, 3.8) is 0 Å². The number of halogens is 1. The van der Waals surface area contributed by atoms with Gasteiger partial charge in [-0.3, -0.25) is 0 Å². The van der Waals surface area contributed by atoms with E-state index >= 15 is 0 Å². The van der Waals surface area contributed by atoms with Crippen LogP contribution in [0.2, 0.25) is 0 Å². The minimum absolute atomic E-state index is 0.0210. The van der Waals surface area contributed by atoms with E-state index in [1.165, 1.54) is 6.07 Å². The van der Waals surface area contributed by atoms with Gasteiger partial charge in [-0.2, -0.15) is 0 Å². The van der Waals surface area contributed by atoms with E-state index < -0.39 is 0 Å². The van der Waals surface area contributed by atoms with Crippen LogP contribution in [0.15, 0.2) is 23.6 Å². The minimum Gasteiger partial charge on any atom is -0.318 e. The van der Waals surface area contributed by atoms with Gasteiger partial charge in [-0.1, -0.05) is 32.9 Å². The molecule has 102 valence electrons. The number of thiazole rings is 1. The average molecular weight is 278 g/mol. The van der Waals surface area contributed by atoms with Gasteiger partial charge in [0, 0.05) is 10.8 Å². The van der Waals surface area contributed by atoms with Crippen molar-refractivity contribution in [1.82, 2.24) is 4.98 Å². The molecular weight excluding hydrogens is 259 g/mol. The number of aromatic nitrogens is 1. The van der Waals surface area contributed by atoms with Gasteiger partial charge >= 0.3 is 0 Å². The van der Waals surface area contributed by atoms with Crippen molar-refractivity contribution in [2.75, 3.05) is 0 Å². The molecule has 2 rings (SSSR count). The van der Waals surface area contributed by atoms with Crippen LogP contribution in [0.3, 0.4) is 0 Å². The van der Waals surface area contributed by atoms with Gasteiger partial charge in [0.05, 0.1) is 11.7 Å². The Hall–Kier alpha value is -1.26. The van der Waals surface area contributed by atoms with Gasteiger partial charge in [0.25, 0.3) is 0 Å². The molecule has 0 aliphatic rings. The van der Waals surface area contributed by atoms with Gasteiger partial charge in [-0.05, 0) is 24.1 Å². The third kappa shape index (κ3) is 3.01. The molecule has 1 heterocycles. The molecule has 19 heavy (non-hydrogen) atoms. The molecule has 2 aromatic rings. The quantitative estimate of drug-likeness (QED) is 0.903. The van der Waals surface area contributed by atoms with E-state index in [2.05, 4.69) is 25.8 Å². The second-order valence-corrected chi connectivity index (χ2v) is 6.70. The Morgan fingerprint density at radius 3 is 2.53 bits per heavy atom. The summed E-state index contributed by atoms with van der Waals surface area (Å²) in [7, 11) is 0. The SMILES string of the molecule is Cc1cc(C(N)c2nc(C(C)(C)C)cs2)ccc1F. The zero-order valence-electron chi connectivity index (χ0n) is 11.7. The first-order chi connectivity index (χ1) is 8.79. The molecule has 0 fully saturated rings. The maximum Gasteiger partial charge on any atom is 0.126 e. The summed E-state index contributed by atoms with van der Waals surface area (Å²) in [4.78, 5) is 4.61. The lowest BCUT2D eigenvalue weighted by atomic mass is 9.93. The summed E-state index contributed by atoms with van der Waals surface area (Å²) in [5, 5.41) is 2.92. The van der Waals surface area contributed by atoms with Crippen LogP contribution in [-0.2, 0) is 5.41 Å². The van der Waals surface area contributed by atoms with Crippen LogP contribution in [0, 0.1) is 12.7 Å². The Labute approximate surface area is 117 Å². The summed E-state index contributed by atoms with van der Waals surface area (Å²) in [6, 6.07) is 4.69. The van der Waals surface area contributed by atoms with E-state index in [1.54, 1.807) is 30.4 Å². The summed E-state index contributed by atoms with van der Waals surface area (Å²) < 4.78 is 13.3. The van der Waals surface area contributed by atoms with E-state index in [4.69, 9.17) is 5.73 Å². The lowest BCUT2D eigenvalue weighted by molar-refractivity contribution is 0.569. The van der Waals surface area contributed by atoms with Gasteiger partial charge in [0.15, 0.2) is 0 Å². The van der Waals surface area contributed by atoms with Crippen LogP contribution in [0.4, 0.5) is 4.39 Å². The van der Waals surface area contributed by atoms with Crippen molar-refractivity contribution in [3.8, 4) is 0 Å². The molecule has 1 unspecified atom stereocenters. The van der Waals surface area contributed by atoms with Crippen LogP contribution in [-0.4, -0.2) is 4.98 Å². The molecule has 4 heteroatoms. The number of hydrogen-bond donors (Lipinski definition) is 1. The highest BCUT2D eigenvalue weighted by Gasteiger charge is 2.20. The second kappa shape index (κ2) is 5.02. The zero-order valence-corrected chi connectivity index (χ0v) is 12.5. The molecule has 0 aliphatic heterocycles. The van der Waals surface area contributed by atoms with Crippen LogP contribution >= 0.6 is 11.3 Å². The fourth-order valence-electron chi connectivity index (χ4n) is 1.78. The van der Waals surface area contributed by atoms with Crippen molar-refractivity contribution in [2.45, 2.75) is 39.2 Å². The Morgan fingerprint density at radius 1 is 1.32 bits per heavy atom. The van der Waals surface area contributed by atoms with Gasteiger partial charge < -0.3 is 5.73 Å². The van der Waals surface area contributed by atoms with Gasteiger partial charge in [-0.25, -0.2) is 9.37 Å². The number of aryl methyl sites for hydroxylation is 1. The molecule has 0 aliphatic carbocycles. The van der Waals surface area contributed by atoms with Crippen molar-refractivity contribution >= 4 is 11.3 Å². The fraction of sp³-hybridized carbons (Fsp3) is 0.400. The predicted octanol–water partition coefficient (Wildman–Crippen LogP) is 3.94. The molecule has 0 amide bonds. The first-order valence-electron chi connectivity index (χ1n) is 6.26. The lowest BCUT2D eigenvalue weighted by Gasteiger charge is -2.15.